The summed E-state index contributed by atoms with van der Waals surface area (Å²) in [5, 5.41) is 0. The molecule has 0 N–H and O–H groups in total. The first kappa shape index (κ1) is 18.2. The molecule has 0 amide bonds. The minimum absolute atomic E-state index is 0.0571. The molecule has 26 heavy (non-hydrogen) atoms. The Balaban J connectivity index is 1.64. The maximum Gasteiger partial charge on any atom is 0.421 e. The van der Waals surface area contributed by atoms with Crippen molar-refractivity contribution in [2.45, 2.75) is 19.0 Å². The maximum absolute atomic E-state index is 13.0. The van der Waals surface area contributed by atoms with Crippen molar-refractivity contribution in [3.05, 3.63) is 36.2 Å². The monoisotopic (exact) mass is 368 g/mol. The third-order valence-electron chi connectivity index (χ3n) is 4.16. The fourth-order valence-electron chi connectivity index (χ4n) is 2.90. The van der Waals surface area contributed by atoms with Crippen LogP contribution in [0.15, 0.2) is 30.6 Å². The average Bonchev–Trinajstić information content (AvgIpc) is 2.66. The van der Waals surface area contributed by atoms with Gasteiger partial charge in [0.05, 0.1) is 13.7 Å². The van der Waals surface area contributed by atoms with Crippen molar-refractivity contribution in [2.75, 3.05) is 31.7 Å². The molecular formula is C17H19F3N4O2. The molecule has 3 rings (SSSR count). The predicted octanol–water partition coefficient (Wildman–Crippen LogP) is 3.19. The fourth-order valence-corrected chi connectivity index (χ4v) is 2.90. The minimum atomic E-state index is -4.49. The molecule has 0 aliphatic carbocycles. The van der Waals surface area contributed by atoms with Crippen LogP contribution < -0.4 is 14.4 Å². The predicted molar refractivity (Wildman–Crippen MR) is 88.3 cm³/mol. The average molecular weight is 368 g/mol. The second kappa shape index (κ2) is 7.76. The van der Waals surface area contributed by atoms with E-state index in [0.29, 0.717) is 18.4 Å². The lowest BCUT2D eigenvalue weighted by Crippen LogP contribution is -2.38. The van der Waals surface area contributed by atoms with Crippen LogP contribution in [0.5, 0.6) is 11.8 Å². The van der Waals surface area contributed by atoms with Crippen molar-refractivity contribution in [3.63, 3.8) is 0 Å². The van der Waals surface area contributed by atoms with Crippen LogP contribution in [0, 0.1) is 5.92 Å². The summed E-state index contributed by atoms with van der Waals surface area (Å²) < 4.78 is 49.6. The molecule has 1 aliphatic rings. The van der Waals surface area contributed by atoms with E-state index in [1.165, 1.54) is 19.4 Å². The van der Waals surface area contributed by atoms with Gasteiger partial charge in [-0.25, -0.2) is 9.97 Å². The number of pyridine rings is 1. The third kappa shape index (κ3) is 4.33. The van der Waals surface area contributed by atoms with E-state index in [1.54, 1.807) is 12.3 Å². The first-order chi connectivity index (χ1) is 12.5. The molecule has 0 bridgehead atoms. The molecule has 9 heteroatoms. The van der Waals surface area contributed by atoms with Crippen molar-refractivity contribution in [3.8, 4) is 11.8 Å². The van der Waals surface area contributed by atoms with Crippen LogP contribution in [0.2, 0.25) is 0 Å². The molecule has 0 spiro atoms. The van der Waals surface area contributed by atoms with Crippen LogP contribution in [0.3, 0.4) is 0 Å². The lowest BCUT2D eigenvalue weighted by Gasteiger charge is -2.32. The van der Waals surface area contributed by atoms with Gasteiger partial charge in [-0.1, -0.05) is 0 Å². The molecule has 1 fully saturated rings. The molecule has 2 aromatic rings. The zero-order chi connectivity index (χ0) is 18.6. The second-order valence-corrected chi connectivity index (χ2v) is 6.02. The number of piperidine rings is 1. The molecule has 1 aliphatic heterocycles. The number of ether oxygens (including phenoxy) is 2. The molecule has 0 saturated carbocycles. The van der Waals surface area contributed by atoms with Crippen molar-refractivity contribution in [2.24, 2.45) is 5.92 Å². The first-order valence-electron chi connectivity index (χ1n) is 8.24. The quantitative estimate of drug-likeness (QED) is 0.808. The number of halogens is 3. The Morgan fingerprint density at radius 3 is 2.85 bits per heavy atom. The van der Waals surface area contributed by atoms with Crippen LogP contribution in [-0.4, -0.2) is 41.8 Å². The van der Waals surface area contributed by atoms with E-state index in [2.05, 4.69) is 15.0 Å². The fraction of sp³-hybridized carbons (Fsp3) is 0.471. The van der Waals surface area contributed by atoms with Gasteiger partial charge < -0.3 is 14.4 Å². The van der Waals surface area contributed by atoms with E-state index in [9.17, 15) is 13.2 Å². The number of aromatic nitrogens is 3. The number of hydrogen-bond acceptors (Lipinski definition) is 6. The molecule has 2 aromatic heterocycles. The van der Waals surface area contributed by atoms with Crippen LogP contribution in [0.25, 0.3) is 0 Å². The smallest absolute Gasteiger partial charge is 0.421 e. The summed E-state index contributed by atoms with van der Waals surface area (Å²) in [4.78, 5) is 14.3. The van der Waals surface area contributed by atoms with Crippen molar-refractivity contribution in [1.29, 1.82) is 0 Å². The van der Waals surface area contributed by atoms with Crippen molar-refractivity contribution in [1.82, 2.24) is 15.0 Å². The molecule has 0 aromatic carbocycles. The van der Waals surface area contributed by atoms with Gasteiger partial charge in [-0.3, -0.25) is 0 Å². The Morgan fingerprint density at radius 2 is 2.08 bits per heavy atom. The van der Waals surface area contributed by atoms with E-state index in [-0.39, 0.29) is 18.4 Å². The SMILES string of the molecule is COc1ccnc(N2CCCC(COc3ncccc3C(F)(F)F)C2)n1. The molecule has 1 atom stereocenters. The van der Waals surface area contributed by atoms with Gasteiger partial charge in [0.2, 0.25) is 17.7 Å². The molecule has 1 saturated heterocycles. The summed E-state index contributed by atoms with van der Waals surface area (Å²) in [5.74, 6) is 0.691. The van der Waals surface area contributed by atoms with Gasteiger partial charge >= 0.3 is 6.18 Å². The number of rotatable bonds is 5. The number of alkyl halides is 3. The zero-order valence-corrected chi connectivity index (χ0v) is 14.2. The third-order valence-corrected chi connectivity index (χ3v) is 4.16. The Kier molecular flexibility index (Phi) is 5.43. The number of nitrogens with zero attached hydrogens (tertiary/aromatic N) is 4. The second-order valence-electron chi connectivity index (χ2n) is 6.02. The topological polar surface area (TPSA) is 60.4 Å². The summed E-state index contributed by atoms with van der Waals surface area (Å²) in [6, 6.07) is 3.88. The van der Waals surface area contributed by atoms with E-state index in [0.717, 1.165) is 25.5 Å². The summed E-state index contributed by atoms with van der Waals surface area (Å²) in [7, 11) is 1.53. The molecule has 1 unspecified atom stereocenters. The number of anilines is 1. The van der Waals surface area contributed by atoms with Crippen LogP contribution >= 0.6 is 0 Å². The van der Waals surface area contributed by atoms with Gasteiger partial charge in [-0.2, -0.15) is 18.2 Å². The summed E-state index contributed by atoms with van der Waals surface area (Å²) in [6.07, 6.45) is 0.154. The van der Waals surface area contributed by atoms with Gasteiger partial charge in [0.25, 0.3) is 0 Å². The molecule has 140 valence electrons. The maximum atomic E-state index is 13.0. The highest BCUT2D eigenvalue weighted by Gasteiger charge is 2.35. The highest BCUT2D eigenvalue weighted by molar-refractivity contribution is 5.33. The molecular weight excluding hydrogens is 349 g/mol. The van der Waals surface area contributed by atoms with E-state index < -0.39 is 11.7 Å². The van der Waals surface area contributed by atoms with Gasteiger partial charge in [-0.05, 0) is 25.0 Å². The first-order valence-corrected chi connectivity index (χ1v) is 8.24. The molecule has 6 nitrogen and oxygen atoms in total. The largest absolute Gasteiger partial charge is 0.481 e. The molecule has 0 radical (unpaired) electrons. The van der Waals surface area contributed by atoms with Gasteiger partial charge in [0, 0.05) is 37.5 Å². The van der Waals surface area contributed by atoms with Gasteiger partial charge in [0.15, 0.2) is 0 Å². The van der Waals surface area contributed by atoms with E-state index >= 15 is 0 Å². The van der Waals surface area contributed by atoms with E-state index in [4.69, 9.17) is 9.47 Å². The highest BCUT2D eigenvalue weighted by Crippen LogP contribution is 2.35. The standard InChI is InChI=1S/C17H19F3N4O2/c1-25-14-6-8-22-16(23-14)24-9-3-4-12(10-24)11-26-15-13(17(18,19)20)5-2-7-21-15/h2,5-8,12H,3-4,9-11H2,1H3. The minimum Gasteiger partial charge on any atom is -0.481 e. The summed E-state index contributed by atoms with van der Waals surface area (Å²) in [6.45, 7) is 1.53. The molecule has 3 heterocycles. The van der Waals surface area contributed by atoms with Crippen molar-refractivity contribution >= 4 is 5.95 Å². The zero-order valence-electron chi connectivity index (χ0n) is 14.2. The Bertz CT molecular complexity index is 742. The lowest BCUT2D eigenvalue weighted by atomic mass is 9.99. The van der Waals surface area contributed by atoms with E-state index in [1.807, 2.05) is 4.90 Å². The van der Waals surface area contributed by atoms with Gasteiger partial charge in [-0.15, -0.1) is 0 Å². The van der Waals surface area contributed by atoms with Crippen molar-refractivity contribution < 1.29 is 22.6 Å². The Hall–Kier alpha value is -2.58. The van der Waals surface area contributed by atoms with Crippen LogP contribution in [0.1, 0.15) is 18.4 Å². The lowest BCUT2D eigenvalue weighted by molar-refractivity contribution is -0.139. The van der Waals surface area contributed by atoms with Crippen LogP contribution in [0.4, 0.5) is 19.1 Å². The summed E-state index contributed by atoms with van der Waals surface area (Å²) in [5.41, 5.74) is -0.858. The number of methoxy groups -OCH3 is 1. The number of hydrogen-bond donors (Lipinski definition) is 0. The normalized spacial score (nSPS) is 17.8. The Labute approximate surface area is 149 Å². The van der Waals surface area contributed by atoms with Crippen LogP contribution in [-0.2, 0) is 6.18 Å². The highest BCUT2D eigenvalue weighted by atomic mass is 19.4. The summed E-state index contributed by atoms with van der Waals surface area (Å²) >= 11 is 0. The Morgan fingerprint density at radius 1 is 1.23 bits per heavy atom. The van der Waals surface area contributed by atoms with Gasteiger partial charge in [0.1, 0.15) is 5.56 Å².